The molecule has 5 nitrogen and oxygen atoms in total. The van der Waals surface area contributed by atoms with Crippen LogP contribution in [0.3, 0.4) is 0 Å². The van der Waals surface area contributed by atoms with Crippen molar-refractivity contribution in [1.82, 2.24) is 20.5 Å². The van der Waals surface area contributed by atoms with Crippen LogP contribution in [0.25, 0.3) is 10.9 Å². The number of aliphatic imine (C=N–C) groups is 1. The molecule has 0 aliphatic heterocycles. The molecule has 0 saturated carbocycles. The van der Waals surface area contributed by atoms with Gasteiger partial charge in [-0.25, -0.2) is 0 Å². The first-order valence-corrected chi connectivity index (χ1v) is 7.85. The molecule has 2 rings (SSSR count). The standard InChI is InChI=1S/C17H27N5.HI/c1-18-17(19-10-6-12-22(2)3)20-11-9-14-13-21-16-8-5-4-7-15(14)16;/h4-5,7-8,13,21H,6,9-12H2,1-3H3,(H2,18,19,20);1H. The van der Waals surface area contributed by atoms with Gasteiger partial charge >= 0.3 is 0 Å². The van der Waals surface area contributed by atoms with E-state index in [9.17, 15) is 0 Å². The number of aromatic amines is 1. The topological polar surface area (TPSA) is 55.5 Å². The first kappa shape index (κ1) is 19.8. The van der Waals surface area contributed by atoms with Gasteiger partial charge in [0.15, 0.2) is 5.96 Å². The Hall–Kier alpha value is -1.28. The van der Waals surface area contributed by atoms with Crippen LogP contribution in [0.1, 0.15) is 12.0 Å². The van der Waals surface area contributed by atoms with E-state index in [0.29, 0.717) is 0 Å². The number of guanidine groups is 1. The third kappa shape index (κ3) is 6.39. The lowest BCUT2D eigenvalue weighted by molar-refractivity contribution is 0.399. The summed E-state index contributed by atoms with van der Waals surface area (Å²) in [6.07, 6.45) is 4.18. The maximum absolute atomic E-state index is 4.26. The molecule has 2 aromatic rings. The summed E-state index contributed by atoms with van der Waals surface area (Å²) in [6, 6.07) is 8.41. The predicted octanol–water partition coefficient (Wildman–Crippen LogP) is 2.45. The van der Waals surface area contributed by atoms with Crippen LogP contribution in [0.5, 0.6) is 0 Å². The van der Waals surface area contributed by atoms with Crippen LogP contribution in [0.4, 0.5) is 0 Å². The summed E-state index contributed by atoms with van der Waals surface area (Å²) in [6.45, 7) is 2.89. The Kier molecular flexibility index (Phi) is 9.01. The molecule has 0 spiro atoms. The van der Waals surface area contributed by atoms with E-state index in [-0.39, 0.29) is 24.0 Å². The van der Waals surface area contributed by atoms with Crippen LogP contribution in [0, 0.1) is 0 Å². The van der Waals surface area contributed by atoms with Gasteiger partial charge in [-0.1, -0.05) is 18.2 Å². The first-order valence-electron chi connectivity index (χ1n) is 7.85. The Balaban J connectivity index is 0.00000264. The van der Waals surface area contributed by atoms with Gasteiger partial charge in [0.05, 0.1) is 0 Å². The molecule has 1 aromatic carbocycles. The summed E-state index contributed by atoms with van der Waals surface area (Å²) in [5.41, 5.74) is 2.54. The summed E-state index contributed by atoms with van der Waals surface area (Å²) in [5.74, 6) is 0.874. The normalized spacial score (nSPS) is 11.6. The number of hydrogen-bond acceptors (Lipinski definition) is 2. The Morgan fingerprint density at radius 1 is 1.17 bits per heavy atom. The number of nitrogens with zero attached hydrogens (tertiary/aromatic N) is 2. The van der Waals surface area contributed by atoms with Gasteiger partial charge in [-0.15, -0.1) is 24.0 Å². The molecule has 23 heavy (non-hydrogen) atoms. The van der Waals surface area contributed by atoms with Gasteiger partial charge in [-0.05, 0) is 45.1 Å². The third-order valence-corrected chi connectivity index (χ3v) is 3.66. The lowest BCUT2D eigenvalue weighted by atomic mass is 10.1. The SMILES string of the molecule is CN=C(NCCCN(C)C)NCCc1c[nH]c2ccccc12.I. The maximum Gasteiger partial charge on any atom is 0.190 e. The minimum absolute atomic E-state index is 0. The van der Waals surface area contributed by atoms with Gasteiger partial charge in [0.25, 0.3) is 0 Å². The van der Waals surface area contributed by atoms with Crippen molar-refractivity contribution in [2.45, 2.75) is 12.8 Å². The van der Waals surface area contributed by atoms with E-state index < -0.39 is 0 Å². The van der Waals surface area contributed by atoms with Crippen molar-refractivity contribution in [3.8, 4) is 0 Å². The predicted molar refractivity (Wildman–Crippen MR) is 110 cm³/mol. The van der Waals surface area contributed by atoms with Gasteiger partial charge in [-0.3, -0.25) is 4.99 Å². The molecule has 128 valence electrons. The molecule has 1 heterocycles. The van der Waals surface area contributed by atoms with Crippen LogP contribution in [-0.4, -0.2) is 56.6 Å². The molecule has 0 radical (unpaired) electrons. The number of fused-ring (bicyclic) bond motifs is 1. The quantitative estimate of drug-likeness (QED) is 0.274. The molecule has 0 aliphatic rings. The summed E-state index contributed by atoms with van der Waals surface area (Å²) in [4.78, 5) is 9.76. The van der Waals surface area contributed by atoms with Gasteiger partial charge in [-0.2, -0.15) is 0 Å². The fourth-order valence-electron chi connectivity index (χ4n) is 2.48. The van der Waals surface area contributed by atoms with Crippen LogP contribution >= 0.6 is 24.0 Å². The van der Waals surface area contributed by atoms with E-state index >= 15 is 0 Å². The summed E-state index contributed by atoms with van der Waals surface area (Å²) >= 11 is 0. The van der Waals surface area contributed by atoms with Crippen LogP contribution < -0.4 is 10.6 Å². The van der Waals surface area contributed by atoms with Crippen molar-refractivity contribution >= 4 is 40.8 Å². The average Bonchev–Trinajstić information content (AvgIpc) is 2.93. The zero-order chi connectivity index (χ0) is 15.8. The van der Waals surface area contributed by atoms with E-state index in [0.717, 1.165) is 38.4 Å². The van der Waals surface area contributed by atoms with Gasteiger partial charge in [0.1, 0.15) is 0 Å². The van der Waals surface area contributed by atoms with E-state index in [1.54, 1.807) is 0 Å². The Morgan fingerprint density at radius 3 is 2.65 bits per heavy atom. The molecule has 1 aromatic heterocycles. The lowest BCUT2D eigenvalue weighted by Crippen LogP contribution is -2.39. The molecule has 0 aliphatic carbocycles. The van der Waals surface area contributed by atoms with Gasteiger partial charge < -0.3 is 20.5 Å². The molecule has 0 bridgehead atoms. The molecular formula is C17H28IN5. The minimum Gasteiger partial charge on any atom is -0.361 e. The molecular weight excluding hydrogens is 401 g/mol. The molecule has 0 amide bonds. The number of hydrogen-bond donors (Lipinski definition) is 3. The van der Waals surface area contributed by atoms with Crippen LogP contribution in [0.15, 0.2) is 35.5 Å². The van der Waals surface area contributed by atoms with Crippen molar-refractivity contribution in [2.75, 3.05) is 40.8 Å². The second-order valence-electron chi connectivity index (χ2n) is 5.69. The largest absolute Gasteiger partial charge is 0.361 e. The highest BCUT2D eigenvalue weighted by atomic mass is 127. The number of H-pyrrole nitrogens is 1. The number of para-hydroxylation sites is 1. The molecule has 0 unspecified atom stereocenters. The Bertz CT molecular complexity index is 606. The summed E-state index contributed by atoms with van der Waals surface area (Å²) in [5, 5.41) is 8.02. The van der Waals surface area contributed by atoms with Crippen molar-refractivity contribution in [3.63, 3.8) is 0 Å². The fraction of sp³-hybridized carbons (Fsp3) is 0.471. The smallest absolute Gasteiger partial charge is 0.190 e. The molecule has 0 saturated heterocycles. The number of halogens is 1. The average molecular weight is 429 g/mol. The van der Waals surface area contributed by atoms with Crippen molar-refractivity contribution in [2.24, 2.45) is 4.99 Å². The van der Waals surface area contributed by atoms with E-state index in [4.69, 9.17) is 0 Å². The van der Waals surface area contributed by atoms with Crippen molar-refractivity contribution in [3.05, 3.63) is 36.0 Å². The van der Waals surface area contributed by atoms with E-state index in [1.807, 2.05) is 7.05 Å². The summed E-state index contributed by atoms with van der Waals surface area (Å²) < 4.78 is 0. The fourth-order valence-corrected chi connectivity index (χ4v) is 2.48. The number of benzene rings is 1. The van der Waals surface area contributed by atoms with Crippen molar-refractivity contribution < 1.29 is 0 Å². The molecule has 6 heteroatoms. The zero-order valence-electron chi connectivity index (χ0n) is 14.2. The van der Waals surface area contributed by atoms with E-state index in [2.05, 4.69) is 70.1 Å². The lowest BCUT2D eigenvalue weighted by Gasteiger charge is -2.13. The highest BCUT2D eigenvalue weighted by Crippen LogP contribution is 2.17. The number of nitrogens with one attached hydrogen (secondary N) is 3. The molecule has 0 atom stereocenters. The van der Waals surface area contributed by atoms with Gasteiger partial charge in [0.2, 0.25) is 0 Å². The van der Waals surface area contributed by atoms with Crippen molar-refractivity contribution in [1.29, 1.82) is 0 Å². The van der Waals surface area contributed by atoms with Crippen LogP contribution in [-0.2, 0) is 6.42 Å². The highest BCUT2D eigenvalue weighted by molar-refractivity contribution is 14.0. The first-order chi connectivity index (χ1) is 10.7. The minimum atomic E-state index is 0. The maximum atomic E-state index is 4.26. The Labute approximate surface area is 156 Å². The zero-order valence-corrected chi connectivity index (χ0v) is 16.6. The highest BCUT2D eigenvalue weighted by Gasteiger charge is 2.03. The summed E-state index contributed by atoms with van der Waals surface area (Å²) in [7, 11) is 6.00. The van der Waals surface area contributed by atoms with Gasteiger partial charge in [0, 0.05) is 37.2 Å². The third-order valence-electron chi connectivity index (χ3n) is 3.66. The molecule has 0 fully saturated rings. The number of rotatable bonds is 7. The number of aromatic nitrogens is 1. The second-order valence-corrected chi connectivity index (χ2v) is 5.69. The second kappa shape index (κ2) is 10.5. The Morgan fingerprint density at radius 2 is 1.91 bits per heavy atom. The molecule has 3 N–H and O–H groups in total. The monoisotopic (exact) mass is 429 g/mol. The van der Waals surface area contributed by atoms with E-state index in [1.165, 1.54) is 16.5 Å². The van der Waals surface area contributed by atoms with Crippen LogP contribution in [0.2, 0.25) is 0 Å².